The minimum Gasteiger partial charge on any atom is -0.354 e. The molecule has 2 aromatic heterocycles. The molecule has 0 spiro atoms. The Morgan fingerprint density at radius 3 is 2.48 bits per heavy atom. The van der Waals surface area contributed by atoms with E-state index < -0.39 is 0 Å². The third-order valence-corrected chi connectivity index (χ3v) is 4.48. The van der Waals surface area contributed by atoms with E-state index in [0.29, 0.717) is 17.5 Å². The number of nitrogens with zero attached hydrogens (tertiary/aromatic N) is 7. The Kier molecular flexibility index (Phi) is 4.58. The van der Waals surface area contributed by atoms with E-state index in [2.05, 4.69) is 30.2 Å². The van der Waals surface area contributed by atoms with Crippen LogP contribution < -0.4 is 4.90 Å². The van der Waals surface area contributed by atoms with Crippen molar-refractivity contribution in [2.24, 2.45) is 0 Å². The van der Waals surface area contributed by atoms with Crippen LogP contribution in [0.2, 0.25) is 5.02 Å². The lowest BCUT2D eigenvalue weighted by molar-refractivity contribution is 0.182. The van der Waals surface area contributed by atoms with Crippen molar-refractivity contribution in [3.05, 3.63) is 53.7 Å². The molecule has 1 saturated heterocycles. The Labute approximate surface area is 150 Å². The maximum absolute atomic E-state index is 5.91. The molecule has 3 heterocycles. The number of rotatable bonds is 4. The quantitative estimate of drug-likeness (QED) is 0.714. The van der Waals surface area contributed by atoms with Gasteiger partial charge in [0, 0.05) is 43.0 Å². The minimum atomic E-state index is 0.615. The first-order chi connectivity index (χ1) is 12.3. The first-order valence-electron chi connectivity index (χ1n) is 8.20. The highest BCUT2D eigenvalue weighted by molar-refractivity contribution is 6.30. The maximum Gasteiger partial charge on any atom is 0.204 e. The molecule has 1 aliphatic heterocycles. The summed E-state index contributed by atoms with van der Waals surface area (Å²) in [7, 11) is 0. The van der Waals surface area contributed by atoms with Crippen LogP contribution in [-0.4, -0.2) is 56.3 Å². The summed E-state index contributed by atoms with van der Waals surface area (Å²) in [6.45, 7) is 4.39. The lowest BCUT2D eigenvalue weighted by atomic mass is 10.2. The molecule has 0 atom stereocenters. The van der Waals surface area contributed by atoms with Crippen LogP contribution in [0.3, 0.4) is 0 Å². The van der Waals surface area contributed by atoms with Crippen molar-refractivity contribution in [2.75, 3.05) is 31.1 Å². The zero-order valence-corrected chi connectivity index (χ0v) is 14.4. The fraction of sp³-hybridized carbons (Fsp3) is 0.294. The van der Waals surface area contributed by atoms with Crippen LogP contribution in [0.25, 0.3) is 11.4 Å². The Balaban J connectivity index is 1.35. The molecule has 8 heteroatoms. The van der Waals surface area contributed by atoms with Crippen LogP contribution in [0, 0.1) is 0 Å². The highest BCUT2D eigenvalue weighted by atomic mass is 35.5. The molecule has 0 bridgehead atoms. The number of hydrogen-bond acceptors (Lipinski definition) is 6. The fourth-order valence-corrected chi connectivity index (χ4v) is 2.98. The van der Waals surface area contributed by atoms with Gasteiger partial charge in [-0.25, -0.2) is 4.98 Å². The van der Waals surface area contributed by atoms with Gasteiger partial charge in [0.2, 0.25) is 5.82 Å². The van der Waals surface area contributed by atoms with E-state index in [1.54, 1.807) is 4.80 Å². The second-order valence-corrected chi connectivity index (χ2v) is 6.36. The Hall–Kier alpha value is -2.51. The van der Waals surface area contributed by atoms with Crippen LogP contribution in [-0.2, 0) is 6.67 Å². The summed E-state index contributed by atoms with van der Waals surface area (Å²) in [5.41, 5.74) is 0.913. The summed E-state index contributed by atoms with van der Waals surface area (Å²) in [6, 6.07) is 13.5. The van der Waals surface area contributed by atoms with Gasteiger partial charge in [-0.1, -0.05) is 17.7 Å². The summed E-state index contributed by atoms with van der Waals surface area (Å²) in [5.74, 6) is 1.65. The van der Waals surface area contributed by atoms with E-state index in [1.165, 1.54) is 0 Å². The molecule has 4 rings (SSSR count). The molecule has 0 radical (unpaired) electrons. The first-order valence-corrected chi connectivity index (χ1v) is 8.58. The molecule has 1 fully saturated rings. The molecule has 0 aliphatic carbocycles. The minimum absolute atomic E-state index is 0.615. The zero-order chi connectivity index (χ0) is 17.1. The van der Waals surface area contributed by atoms with Gasteiger partial charge in [0.05, 0.1) is 0 Å². The van der Waals surface area contributed by atoms with Crippen molar-refractivity contribution >= 4 is 17.4 Å². The van der Waals surface area contributed by atoms with Crippen LogP contribution in [0.15, 0.2) is 48.7 Å². The second kappa shape index (κ2) is 7.16. The van der Waals surface area contributed by atoms with E-state index in [9.17, 15) is 0 Å². The van der Waals surface area contributed by atoms with Crippen molar-refractivity contribution in [1.82, 2.24) is 30.1 Å². The molecule has 3 aromatic rings. The van der Waals surface area contributed by atoms with Crippen molar-refractivity contribution in [1.29, 1.82) is 0 Å². The summed E-state index contributed by atoms with van der Waals surface area (Å²) in [6.07, 6.45) is 1.83. The number of anilines is 1. The van der Waals surface area contributed by atoms with Gasteiger partial charge in [-0.2, -0.15) is 0 Å². The number of pyridine rings is 1. The summed E-state index contributed by atoms with van der Waals surface area (Å²) >= 11 is 5.91. The lowest BCUT2D eigenvalue weighted by Gasteiger charge is -2.34. The van der Waals surface area contributed by atoms with Crippen LogP contribution >= 0.6 is 11.6 Å². The van der Waals surface area contributed by atoms with E-state index >= 15 is 0 Å². The highest BCUT2D eigenvalue weighted by Gasteiger charge is 2.19. The Bertz CT molecular complexity index is 811. The molecule has 0 amide bonds. The Morgan fingerprint density at radius 1 is 0.960 bits per heavy atom. The first kappa shape index (κ1) is 16.0. The fourth-order valence-electron chi connectivity index (χ4n) is 2.86. The topological polar surface area (TPSA) is 63.0 Å². The van der Waals surface area contributed by atoms with E-state index in [4.69, 9.17) is 11.6 Å². The van der Waals surface area contributed by atoms with Gasteiger partial charge in [0.15, 0.2) is 0 Å². The molecule has 0 saturated carbocycles. The monoisotopic (exact) mass is 355 g/mol. The van der Waals surface area contributed by atoms with E-state index in [0.717, 1.165) is 37.6 Å². The normalized spacial score (nSPS) is 15.5. The van der Waals surface area contributed by atoms with Crippen LogP contribution in [0.1, 0.15) is 0 Å². The summed E-state index contributed by atoms with van der Waals surface area (Å²) in [4.78, 5) is 10.7. The predicted octanol–water partition coefficient (Wildman–Crippen LogP) is 2.17. The molecule has 0 N–H and O–H groups in total. The SMILES string of the molecule is Clc1ccc(-c2nnn(CN3CCN(c4ccccn4)CC3)n2)cc1. The molecule has 7 nitrogen and oxygen atoms in total. The molecule has 1 aliphatic rings. The maximum atomic E-state index is 5.91. The zero-order valence-electron chi connectivity index (χ0n) is 13.7. The third-order valence-electron chi connectivity index (χ3n) is 4.23. The van der Waals surface area contributed by atoms with E-state index in [-0.39, 0.29) is 0 Å². The van der Waals surface area contributed by atoms with Crippen LogP contribution in [0.4, 0.5) is 5.82 Å². The largest absolute Gasteiger partial charge is 0.354 e. The van der Waals surface area contributed by atoms with Crippen molar-refractivity contribution < 1.29 is 0 Å². The van der Waals surface area contributed by atoms with Gasteiger partial charge in [-0.15, -0.1) is 15.0 Å². The van der Waals surface area contributed by atoms with Gasteiger partial charge in [-0.05, 0) is 41.6 Å². The van der Waals surface area contributed by atoms with Gasteiger partial charge in [0.25, 0.3) is 0 Å². The summed E-state index contributed by atoms with van der Waals surface area (Å²) < 4.78 is 0. The highest BCUT2D eigenvalue weighted by Crippen LogP contribution is 2.17. The Morgan fingerprint density at radius 2 is 1.76 bits per heavy atom. The number of aromatic nitrogens is 5. The van der Waals surface area contributed by atoms with Crippen molar-refractivity contribution in [3.63, 3.8) is 0 Å². The molecular formula is C17H18ClN7. The van der Waals surface area contributed by atoms with Gasteiger partial charge >= 0.3 is 0 Å². The molecule has 128 valence electrons. The predicted molar refractivity (Wildman–Crippen MR) is 96.3 cm³/mol. The average Bonchev–Trinajstić information content (AvgIpc) is 3.12. The average molecular weight is 356 g/mol. The standard InChI is InChI=1S/C17H18ClN7/c18-15-6-4-14(5-7-15)17-20-22-25(21-17)13-23-9-11-24(12-10-23)16-3-1-2-8-19-16/h1-8H,9-13H2. The molecule has 0 unspecified atom stereocenters. The van der Waals surface area contributed by atoms with Crippen molar-refractivity contribution in [2.45, 2.75) is 6.67 Å². The smallest absolute Gasteiger partial charge is 0.204 e. The lowest BCUT2D eigenvalue weighted by Crippen LogP contribution is -2.47. The number of halogens is 1. The number of hydrogen-bond donors (Lipinski definition) is 0. The molecular weight excluding hydrogens is 338 g/mol. The molecule has 1 aromatic carbocycles. The van der Waals surface area contributed by atoms with Crippen molar-refractivity contribution in [3.8, 4) is 11.4 Å². The number of tetrazole rings is 1. The van der Waals surface area contributed by atoms with E-state index in [1.807, 2.05) is 48.7 Å². The summed E-state index contributed by atoms with van der Waals surface area (Å²) in [5, 5.41) is 13.5. The van der Waals surface area contributed by atoms with Gasteiger partial charge in [0.1, 0.15) is 12.5 Å². The second-order valence-electron chi connectivity index (χ2n) is 5.93. The molecule has 25 heavy (non-hydrogen) atoms. The van der Waals surface area contributed by atoms with Gasteiger partial charge in [-0.3, -0.25) is 4.90 Å². The van der Waals surface area contributed by atoms with Gasteiger partial charge < -0.3 is 4.90 Å². The number of piperazine rings is 1. The number of benzene rings is 1. The third kappa shape index (κ3) is 3.78. The van der Waals surface area contributed by atoms with Crippen LogP contribution in [0.5, 0.6) is 0 Å².